The summed E-state index contributed by atoms with van der Waals surface area (Å²) in [6.45, 7) is 13.5. The Balaban J connectivity index is 1.35. The van der Waals surface area contributed by atoms with E-state index in [0.29, 0.717) is 11.8 Å². The summed E-state index contributed by atoms with van der Waals surface area (Å²) in [6, 6.07) is 0. The Hall–Kier alpha value is -0.380. The average Bonchev–Trinajstić information content (AvgIpc) is 3.32. The van der Waals surface area contributed by atoms with E-state index in [1.807, 2.05) is 0 Å². The first-order chi connectivity index (χ1) is 10.8. The van der Waals surface area contributed by atoms with Crippen molar-refractivity contribution in [3.63, 3.8) is 0 Å². The molecule has 0 aromatic carbocycles. The summed E-state index contributed by atoms with van der Waals surface area (Å²) in [6.07, 6.45) is 3.98. The molecule has 0 radical (unpaired) electrons. The molecule has 2 heterocycles. The molecule has 0 spiro atoms. The summed E-state index contributed by atoms with van der Waals surface area (Å²) in [5.41, 5.74) is 1.35. The second kappa shape index (κ2) is 4.23. The van der Waals surface area contributed by atoms with Gasteiger partial charge in [0.25, 0.3) is 0 Å². The number of hydrogen-bond donors (Lipinski definition) is 1. The van der Waals surface area contributed by atoms with Gasteiger partial charge in [-0.3, -0.25) is 0 Å². The van der Waals surface area contributed by atoms with Crippen molar-refractivity contribution < 1.29 is 14.6 Å². The highest BCUT2D eigenvalue weighted by Gasteiger charge is 2.72. The number of aliphatic hydroxyl groups is 1. The van der Waals surface area contributed by atoms with E-state index in [-0.39, 0.29) is 35.4 Å². The molecule has 128 valence electrons. The van der Waals surface area contributed by atoms with Gasteiger partial charge in [-0.25, -0.2) is 0 Å². The van der Waals surface area contributed by atoms with Gasteiger partial charge in [-0.2, -0.15) is 0 Å². The van der Waals surface area contributed by atoms with Gasteiger partial charge >= 0.3 is 0 Å². The van der Waals surface area contributed by atoms with Crippen LogP contribution in [0.5, 0.6) is 0 Å². The minimum Gasteiger partial charge on any atom is -0.393 e. The maximum atomic E-state index is 10.8. The van der Waals surface area contributed by atoms with Gasteiger partial charge in [0.15, 0.2) is 0 Å². The maximum Gasteiger partial charge on any atom is 0.117 e. The quantitative estimate of drug-likeness (QED) is 0.642. The predicted molar refractivity (Wildman–Crippen MR) is 87.8 cm³/mol. The molecule has 3 unspecified atom stereocenters. The van der Waals surface area contributed by atoms with Gasteiger partial charge in [0.05, 0.1) is 11.7 Å². The molecule has 5 aliphatic rings. The lowest BCUT2D eigenvalue weighted by Gasteiger charge is -2.58. The number of hydrogen-bond acceptors (Lipinski definition) is 3. The number of epoxide rings is 2. The van der Waals surface area contributed by atoms with Gasteiger partial charge in [-0.15, -0.1) is 0 Å². The smallest absolute Gasteiger partial charge is 0.117 e. The van der Waals surface area contributed by atoms with Crippen molar-refractivity contribution in [1.82, 2.24) is 0 Å². The molecule has 3 saturated carbocycles. The molecular formula is C20H30O3. The maximum absolute atomic E-state index is 10.8. The van der Waals surface area contributed by atoms with Gasteiger partial charge in [0.1, 0.15) is 18.3 Å². The van der Waals surface area contributed by atoms with Gasteiger partial charge in [0.2, 0.25) is 0 Å². The Morgan fingerprint density at radius 3 is 2.57 bits per heavy atom. The van der Waals surface area contributed by atoms with E-state index < -0.39 is 0 Å². The van der Waals surface area contributed by atoms with E-state index in [2.05, 4.69) is 34.3 Å². The Bertz CT molecular complexity index is 569. The fraction of sp³-hybridized carbons (Fsp3) is 0.900. The molecule has 1 N–H and O–H groups in total. The molecule has 3 heteroatoms. The summed E-state index contributed by atoms with van der Waals surface area (Å²) < 4.78 is 11.7. The van der Waals surface area contributed by atoms with Crippen LogP contribution < -0.4 is 0 Å². The second-order valence-corrected chi connectivity index (χ2v) is 9.73. The highest BCUT2D eigenvalue weighted by molar-refractivity contribution is 5.29. The van der Waals surface area contributed by atoms with E-state index in [1.165, 1.54) is 18.4 Å². The topological polar surface area (TPSA) is 45.3 Å². The Morgan fingerprint density at radius 1 is 1.22 bits per heavy atom. The van der Waals surface area contributed by atoms with E-state index >= 15 is 0 Å². The molecule has 3 nitrogen and oxygen atoms in total. The third-order valence-corrected chi connectivity index (χ3v) is 8.34. The zero-order chi connectivity index (χ0) is 16.3. The number of rotatable bonds is 3. The third kappa shape index (κ3) is 1.72. The molecular weight excluding hydrogens is 288 g/mol. The lowest BCUT2D eigenvalue weighted by atomic mass is 9.46. The normalized spacial score (nSPS) is 61.5. The monoisotopic (exact) mass is 318 g/mol. The Labute approximate surface area is 139 Å². The Kier molecular flexibility index (Phi) is 2.74. The lowest BCUT2D eigenvalue weighted by Crippen LogP contribution is -2.57. The SMILES string of the molecule is C=C([C@@H]1CC(O)[C@]2(C)C3CC[C@@H](C)C3[C@H]12)[C@@H]1O[C@@H]1[C@@H]1OC1(C)C. The second-order valence-electron chi connectivity index (χ2n) is 9.73. The van der Waals surface area contributed by atoms with Crippen LogP contribution in [-0.2, 0) is 9.47 Å². The number of fused-ring (bicyclic) bond motifs is 4. The van der Waals surface area contributed by atoms with E-state index in [0.717, 1.165) is 24.2 Å². The molecule has 10 atom stereocenters. The molecule has 0 bridgehead atoms. The zero-order valence-electron chi connectivity index (χ0n) is 14.8. The van der Waals surface area contributed by atoms with Gasteiger partial charge in [-0.1, -0.05) is 26.8 Å². The first-order valence-electron chi connectivity index (χ1n) is 9.47. The van der Waals surface area contributed by atoms with Crippen molar-refractivity contribution in [3.05, 3.63) is 12.2 Å². The minimum atomic E-state index is -0.161. The van der Waals surface area contributed by atoms with Crippen LogP contribution in [-0.4, -0.2) is 35.1 Å². The molecule has 5 fully saturated rings. The molecule has 0 aromatic heterocycles. The van der Waals surface area contributed by atoms with Crippen molar-refractivity contribution in [2.75, 3.05) is 0 Å². The van der Waals surface area contributed by atoms with Crippen LogP contribution in [0.3, 0.4) is 0 Å². The van der Waals surface area contributed by atoms with Gasteiger partial charge < -0.3 is 14.6 Å². The van der Waals surface area contributed by atoms with Crippen LogP contribution in [0.1, 0.15) is 47.0 Å². The number of ether oxygens (including phenoxy) is 2. The van der Waals surface area contributed by atoms with Crippen LogP contribution in [0.25, 0.3) is 0 Å². The first-order valence-corrected chi connectivity index (χ1v) is 9.47. The van der Waals surface area contributed by atoms with E-state index in [4.69, 9.17) is 9.47 Å². The molecule has 2 aliphatic heterocycles. The van der Waals surface area contributed by atoms with Crippen molar-refractivity contribution in [2.45, 2.75) is 77.0 Å². The zero-order valence-corrected chi connectivity index (χ0v) is 14.8. The summed E-state index contributed by atoms with van der Waals surface area (Å²) in [5.74, 6) is 3.39. The van der Waals surface area contributed by atoms with Crippen molar-refractivity contribution in [2.24, 2.45) is 35.0 Å². The first kappa shape index (κ1) is 14.9. The lowest BCUT2D eigenvalue weighted by molar-refractivity contribution is -0.143. The van der Waals surface area contributed by atoms with Crippen LogP contribution in [0.15, 0.2) is 12.2 Å². The number of aliphatic hydroxyl groups excluding tert-OH is 1. The summed E-state index contributed by atoms with van der Waals surface area (Å²) >= 11 is 0. The molecule has 2 saturated heterocycles. The summed E-state index contributed by atoms with van der Waals surface area (Å²) in [5, 5.41) is 10.8. The largest absolute Gasteiger partial charge is 0.393 e. The van der Waals surface area contributed by atoms with Crippen molar-refractivity contribution in [3.8, 4) is 0 Å². The fourth-order valence-electron chi connectivity index (χ4n) is 6.91. The van der Waals surface area contributed by atoms with Crippen LogP contribution >= 0.6 is 0 Å². The van der Waals surface area contributed by atoms with E-state index in [9.17, 15) is 5.11 Å². The van der Waals surface area contributed by atoms with Crippen molar-refractivity contribution >= 4 is 0 Å². The van der Waals surface area contributed by atoms with Crippen LogP contribution in [0.2, 0.25) is 0 Å². The van der Waals surface area contributed by atoms with Crippen LogP contribution in [0, 0.1) is 35.0 Å². The summed E-state index contributed by atoms with van der Waals surface area (Å²) in [7, 11) is 0. The molecule has 0 aromatic rings. The van der Waals surface area contributed by atoms with Gasteiger partial charge in [-0.05, 0) is 61.9 Å². The molecule has 5 rings (SSSR count). The molecule has 0 amide bonds. The third-order valence-electron chi connectivity index (χ3n) is 8.34. The van der Waals surface area contributed by atoms with E-state index in [1.54, 1.807) is 0 Å². The molecule has 3 aliphatic carbocycles. The highest BCUT2D eigenvalue weighted by atomic mass is 16.7. The summed E-state index contributed by atoms with van der Waals surface area (Å²) in [4.78, 5) is 0. The average molecular weight is 318 g/mol. The standard InChI is InChI=1S/C20H30O3/c1-9-6-7-12-14(9)15-11(8-13(21)20(12,15)5)10(2)16-17(22-16)18-19(3,4)23-18/h9,11-18,21H,2,6-8H2,1,3-5H3/t9-,11+,12?,13?,14?,15+,16+,17+,18+,20+/m1/s1. The van der Waals surface area contributed by atoms with Crippen LogP contribution in [0.4, 0.5) is 0 Å². The highest BCUT2D eigenvalue weighted by Crippen LogP contribution is 2.73. The predicted octanol–water partition coefficient (Wildman–Crippen LogP) is 3.17. The van der Waals surface area contributed by atoms with Gasteiger partial charge in [0, 0.05) is 5.41 Å². The Morgan fingerprint density at radius 2 is 1.91 bits per heavy atom. The fourth-order valence-corrected chi connectivity index (χ4v) is 6.91. The van der Waals surface area contributed by atoms with Crippen molar-refractivity contribution in [1.29, 1.82) is 0 Å². The minimum absolute atomic E-state index is 0.0229. The molecule has 23 heavy (non-hydrogen) atoms.